The lowest BCUT2D eigenvalue weighted by molar-refractivity contribution is 0.0955. The van der Waals surface area contributed by atoms with Crippen LogP contribution in [0.1, 0.15) is 32.6 Å². The van der Waals surface area contributed by atoms with Crippen LogP contribution in [-0.4, -0.2) is 12.1 Å². The molecule has 0 radical (unpaired) electrons. The maximum atomic E-state index is 12.0. The minimum absolute atomic E-state index is 0.227. The number of carbonyl (C=O) groups is 1. The van der Waals surface area contributed by atoms with Crippen LogP contribution in [0.5, 0.6) is 0 Å². The highest BCUT2D eigenvalue weighted by molar-refractivity contribution is 9.10. The van der Waals surface area contributed by atoms with Gasteiger partial charge < -0.3 is 0 Å². The van der Waals surface area contributed by atoms with Crippen molar-refractivity contribution in [1.82, 2.24) is 5.43 Å². The number of benzene rings is 2. The number of carbonyl (C=O) groups excluding carboxylic acids is 1. The second-order valence-corrected chi connectivity index (χ2v) is 5.94. The molecule has 0 bridgehead atoms. The lowest BCUT2D eigenvalue weighted by Crippen LogP contribution is -2.17. The van der Waals surface area contributed by atoms with Crippen LogP contribution in [0.3, 0.4) is 0 Å². The molecule has 0 spiro atoms. The second-order valence-electron chi connectivity index (χ2n) is 5.02. The van der Waals surface area contributed by atoms with Crippen molar-refractivity contribution in [1.29, 1.82) is 0 Å². The monoisotopic (exact) mass is 344 g/mol. The summed E-state index contributed by atoms with van der Waals surface area (Å²) in [4.78, 5) is 12.0. The fourth-order valence-corrected chi connectivity index (χ4v) is 2.64. The quantitative estimate of drug-likeness (QED) is 0.659. The van der Waals surface area contributed by atoms with Crippen molar-refractivity contribution in [3.63, 3.8) is 0 Å². The molecule has 0 aliphatic carbocycles. The maximum absolute atomic E-state index is 12.0. The van der Waals surface area contributed by atoms with Crippen molar-refractivity contribution in [2.45, 2.75) is 20.8 Å². The molecule has 0 aromatic heterocycles. The maximum Gasteiger partial charge on any atom is 0.271 e. The summed E-state index contributed by atoms with van der Waals surface area (Å²) in [6.07, 6.45) is 1.69. The second kappa shape index (κ2) is 6.68. The number of hydrogen-bond acceptors (Lipinski definition) is 2. The highest BCUT2D eigenvalue weighted by Gasteiger charge is 2.05. The fraction of sp³-hybridized carbons (Fsp3) is 0.176. The topological polar surface area (TPSA) is 41.5 Å². The Kier molecular flexibility index (Phi) is 4.91. The average molecular weight is 345 g/mol. The summed E-state index contributed by atoms with van der Waals surface area (Å²) in [5, 5.41) is 4.06. The van der Waals surface area contributed by atoms with Crippen molar-refractivity contribution < 1.29 is 4.79 Å². The van der Waals surface area contributed by atoms with Gasteiger partial charge in [-0.2, -0.15) is 5.10 Å². The molecule has 4 heteroatoms. The Morgan fingerprint density at radius 1 is 1.14 bits per heavy atom. The Morgan fingerprint density at radius 3 is 2.43 bits per heavy atom. The number of nitrogens with one attached hydrogen (secondary N) is 1. The molecule has 1 N–H and O–H groups in total. The van der Waals surface area contributed by atoms with Gasteiger partial charge >= 0.3 is 0 Å². The Morgan fingerprint density at radius 2 is 1.81 bits per heavy atom. The lowest BCUT2D eigenvalue weighted by Gasteiger charge is -2.06. The minimum atomic E-state index is -0.227. The average Bonchev–Trinajstić information content (AvgIpc) is 2.41. The molecule has 21 heavy (non-hydrogen) atoms. The van der Waals surface area contributed by atoms with Gasteiger partial charge in [-0.05, 0) is 50.1 Å². The van der Waals surface area contributed by atoms with Crippen LogP contribution in [0.25, 0.3) is 0 Å². The highest BCUT2D eigenvalue weighted by atomic mass is 79.9. The number of aryl methyl sites for hydroxylation is 3. The third-order valence-electron chi connectivity index (χ3n) is 3.18. The minimum Gasteiger partial charge on any atom is -0.267 e. The molecular formula is C17H17BrN2O. The van der Waals surface area contributed by atoms with Crippen LogP contribution < -0.4 is 5.43 Å². The number of nitrogens with zero attached hydrogens (tertiary/aromatic N) is 1. The van der Waals surface area contributed by atoms with Crippen molar-refractivity contribution in [3.8, 4) is 0 Å². The summed E-state index contributed by atoms with van der Waals surface area (Å²) < 4.78 is 0.865. The Balaban J connectivity index is 2.11. The molecule has 0 unspecified atom stereocenters. The first-order valence-electron chi connectivity index (χ1n) is 6.64. The van der Waals surface area contributed by atoms with Crippen LogP contribution in [0.2, 0.25) is 0 Å². The molecule has 0 saturated heterocycles. The van der Waals surface area contributed by atoms with Gasteiger partial charge in [0.25, 0.3) is 5.91 Å². The summed E-state index contributed by atoms with van der Waals surface area (Å²) in [6.45, 7) is 6.14. The summed E-state index contributed by atoms with van der Waals surface area (Å²) in [6, 6.07) is 11.4. The van der Waals surface area contributed by atoms with E-state index in [1.165, 1.54) is 5.56 Å². The molecule has 2 aromatic rings. The normalized spacial score (nSPS) is 10.9. The molecule has 1 amide bonds. The van der Waals surface area contributed by atoms with E-state index in [4.69, 9.17) is 0 Å². The molecule has 0 atom stereocenters. The number of hydrazone groups is 1. The molecule has 0 saturated carbocycles. The van der Waals surface area contributed by atoms with E-state index >= 15 is 0 Å². The SMILES string of the molecule is Cc1cc(C)c(/C=N\NC(=O)c2cccc(Br)c2)c(C)c1. The summed E-state index contributed by atoms with van der Waals surface area (Å²) in [5.74, 6) is -0.227. The van der Waals surface area contributed by atoms with Crippen LogP contribution in [0.15, 0.2) is 46.0 Å². The highest BCUT2D eigenvalue weighted by Crippen LogP contribution is 2.14. The van der Waals surface area contributed by atoms with Gasteiger partial charge in [0.1, 0.15) is 0 Å². The zero-order valence-electron chi connectivity index (χ0n) is 12.3. The van der Waals surface area contributed by atoms with Gasteiger partial charge in [-0.15, -0.1) is 0 Å². The van der Waals surface area contributed by atoms with E-state index in [1.807, 2.05) is 26.0 Å². The molecule has 108 valence electrons. The van der Waals surface area contributed by atoms with Crippen LogP contribution in [0, 0.1) is 20.8 Å². The third-order valence-corrected chi connectivity index (χ3v) is 3.68. The first-order valence-corrected chi connectivity index (χ1v) is 7.43. The molecule has 2 rings (SSSR count). The van der Waals surface area contributed by atoms with E-state index in [0.717, 1.165) is 21.2 Å². The van der Waals surface area contributed by atoms with Crippen LogP contribution in [0.4, 0.5) is 0 Å². The predicted molar refractivity (Wildman–Crippen MR) is 89.9 cm³/mol. The number of halogens is 1. The Bertz CT molecular complexity index is 685. The van der Waals surface area contributed by atoms with E-state index in [2.05, 4.69) is 45.5 Å². The van der Waals surface area contributed by atoms with E-state index in [1.54, 1.807) is 18.3 Å². The molecule has 0 aliphatic heterocycles. The first kappa shape index (κ1) is 15.4. The summed E-state index contributed by atoms with van der Waals surface area (Å²) in [7, 11) is 0. The van der Waals surface area contributed by atoms with Gasteiger partial charge in [-0.1, -0.05) is 39.7 Å². The Labute approximate surface area is 133 Å². The van der Waals surface area contributed by atoms with Gasteiger partial charge in [0.2, 0.25) is 0 Å². The number of hydrogen-bond donors (Lipinski definition) is 1. The van der Waals surface area contributed by atoms with E-state index in [9.17, 15) is 4.79 Å². The predicted octanol–water partition coefficient (Wildman–Crippen LogP) is 4.14. The Hall–Kier alpha value is -1.94. The standard InChI is InChI=1S/C17H17BrN2O/c1-11-7-12(2)16(13(3)8-11)10-19-20-17(21)14-5-4-6-15(18)9-14/h4-10H,1-3H3,(H,20,21)/b19-10-. The zero-order valence-corrected chi connectivity index (χ0v) is 13.9. The molecule has 2 aromatic carbocycles. The number of amides is 1. The van der Waals surface area contributed by atoms with Crippen LogP contribution in [-0.2, 0) is 0 Å². The van der Waals surface area contributed by atoms with Gasteiger partial charge in [0.05, 0.1) is 6.21 Å². The van der Waals surface area contributed by atoms with E-state index in [-0.39, 0.29) is 5.91 Å². The van der Waals surface area contributed by atoms with E-state index in [0.29, 0.717) is 5.56 Å². The van der Waals surface area contributed by atoms with Gasteiger partial charge in [-0.25, -0.2) is 5.43 Å². The first-order chi connectivity index (χ1) is 9.97. The van der Waals surface area contributed by atoms with Gasteiger partial charge in [0, 0.05) is 15.6 Å². The van der Waals surface area contributed by atoms with Crippen molar-refractivity contribution in [2.24, 2.45) is 5.10 Å². The smallest absolute Gasteiger partial charge is 0.267 e. The molecular weight excluding hydrogens is 328 g/mol. The van der Waals surface area contributed by atoms with Crippen LogP contribution >= 0.6 is 15.9 Å². The number of rotatable bonds is 3. The lowest BCUT2D eigenvalue weighted by atomic mass is 10.0. The molecule has 0 aliphatic rings. The molecule has 0 heterocycles. The largest absolute Gasteiger partial charge is 0.271 e. The van der Waals surface area contributed by atoms with Crippen molar-refractivity contribution in [2.75, 3.05) is 0 Å². The van der Waals surface area contributed by atoms with Crippen molar-refractivity contribution >= 4 is 28.1 Å². The summed E-state index contributed by atoms with van der Waals surface area (Å²) in [5.41, 5.74) is 7.67. The zero-order chi connectivity index (χ0) is 15.4. The summed E-state index contributed by atoms with van der Waals surface area (Å²) >= 11 is 3.34. The van der Waals surface area contributed by atoms with Gasteiger partial charge in [0.15, 0.2) is 0 Å². The molecule has 0 fully saturated rings. The van der Waals surface area contributed by atoms with E-state index < -0.39 is 0 Å². The molecule has 3 nitrogen and oxygen atoms in total. The van der Waals surface area contributed by atoms with Crippen molar-refractivity contribution in [3.05, 3.63) is 68.7 Å². The fourth-order valence-electron chi connectivity index (χ4n) is 2.24. The third kappa shape index (κ3) is 4.02. The van der Waals surface area contributed by atoms with Gasteiger partial charge in [-0.3, -0.25) is 4.79 Å².